The van der Waals surface area contributed by atoms with Crippen LogP contribution in [0.3, 0.4) is 0 Å². The Morgan fingerprint density at radius 1 is 1.06 bits per heavy atom. The Hall–Kier alpha value is -0.900. The highest BCUT2D eigenvalue weighted by Gasteiger charge is 2.10. The molecule has 0 fully saturated rings. The molecule has 0 aliphatic rings. The molecule has 0 heterocycles. The van der Waals surface area contributed by atoms with Gasteiger partial charge in [0.25, 0.3) is 0 Å². The summed E-state index contributed by atoms with van der Waals surface area (Å²) in [5, 5.41) is 3.30. The summed E-state index contributed by atoms with van der Waals surface area (Å²) in [5.41, 5.74) is 3.87. The van der Waals surface area contributed by atoms with Crippen LogP contribution >= 0.6 is 0 Å². The molecule has 0 saturated carbocycles. The van der Waals surface area contributed by atoms with E-state index in [1.807, 2.05) is 14.0 Å². The number of nitrogens with one attached hydrogen (secondary N) is 1. The van der Waals surface area contributed by atoms with Gasteiger partial charge in [-0.2, -0.15) is 0 Å². The van der Waals surface area contributed by atoms with E-state index in [0.717, 1.165) is 6.61 Å². The summed E-state index contributed by atoms with van der Waals surface area (Å²) in [6.45, 7) is 8.98. The first kappa shape index (κ1) is 15.2. The SMILES string of the molecule is CCOCCOCC(NC)c1cc(C)cc(C)c1. The van der Waals surface area contributed by atoms with E-state index in [-0.39, 0.29) is 6.04 Å². The fourth-order valence-corrected chi connectivity index (χ4v) is 2.02. The summed E-state index contributed by atoms with van der Waals surface area (Å²) in [7, 11) is 1.97. The predicted octanol–water partition coefficient (Wildman–Crippen LogP) is 2.62. The first-order chi connectivity index (χ1) is 8.67. The van der Waals surface area contributed by atoms with Crippen LogP contribution < -0.4 is 5.32 Å². The van der Waals surface area contributed by atoms with Crippen molar-refractivity contribution in [1.29, 1.82) is 0 Å². The molecular weight excluding hydrogens is 226 g/mol. The molecule has 1 atom stereocenters. The zero-order valence-corrected chi connectivity index (χ0v) is 12.0. The number of aryl methyl sites for hydroxylation is 2. The van der Waals surface area contributed by atoms with Crippen LogP contribution in [0.1, 0.15) is 29.7 Å². The van der Waals surface area contributed by atoms with Crippen LogP contribution in [0.25, 0.3) is 0 Å². The first-order valence-corrected chi connectivity index (χ1v) is 6.58. The highest BCUT2D eigenvalue weighted by Crippen LogP contribution is 2.17. The van der Waals surface area contributed by atoms with E-state index in [2.05, 4.69) is 37.4 Å². The zero-order chi connectivity index (χ0) is 13.4. The molecule has 1 unspecified atom stereocenters. The average Bonchev–Trinajstić information content (AvgIpc) is 2.32. The van der Waals surface area contributed by atoms with E-state index in [1.165, 1.54) is 16.7 Å². The predicted molar refractivity (Wildman–Crippen MR) is 75.0 cm³/mol. The van der Waals surface area contributed by atoms with E-state index in [1.54, 1.807) is 0 Å². The lowest BCUT2D eigenvalue weighted by Gasteiger charge is -2.18. The van der Waals surface area contributed by atoms with Gasteiger partial charge in [-0.3, -0.25) is 0 Å². The average molecular weight is 251 g/mol. The standard InChI is InChI=1S/C15H25NO2/c1-5-17-6-7-18-11-15(16-4)14-9-12(2)8-13(3)10-14/h8-10,15-16H,5-7,11H2,1-4H3. The van der Waals surface area contributed by atoms with Crippen LogP contribution in [0.2, 0.25) is 0 Å². The van der Waals surface area contributed by atoms with Crippen molar-refractivity contribution < 1.29 is 9.47 Å². The summed E-state index contributed by atoms with van der Waals surface area (Å²) < 4.78 is 10.9. The Balaban J connectivity index is 2.49. The van der Waals surface area contributed by atoms with Crippen LogP contribution in [0.5, 0.6) is 0 Å². The number of hydrogen-bond donors (Lipinski definition) is 1. The molecule has 0 spiro atoms. The minimum Gasteiger partial charge on any atom is -0.379 e. The van der Waals surface area contributed by atoms with Crippen molar-refractivity contribution >= 4 is 0 Å². The maximum atomic E-state index is 5.64. The lowest BCUT2D eigenvalue weighted by Crippen LogP contribution is -2.23. The second kappa shape index (κ2) is 8.25. The van der Waals surface area contributed by atoms with Crippen molar-refractivity contribution in [1.82, 2.24) is 5.32 Å². The molecule has 0 aliphatic heterocycles. The molecule has 0 aromatic heterocycles. The number of hydrogen-bond acceptors (Lipinski definition) is 3. The summed E-state index contributed by atoms with van der Waals surface area (Å²) in [6, 6.07) is 6.84. The van der Waals surface area contributed by atoms with Crippen molar-refractivity contribution in [2.24, 2.45) is 0 Å². The molecule has 3 nitrogen and oxygen atoms in total. The highest BCUT2D eigenvalue weighted by atomic mass is 16.5. The molecule has 1 aromatic carbocycles. The fourth-order valence-electron chi connectivity index (χ4n) is 2.02. The number of benzene rings is 1. The number of ether oxygens (including phenoxy) is 2. The second-order valence-electron chi connectivity index (χ2n) is 4.53. The molecule has 102 valence electrons. The molecule has 1 rings (SSSR count). The van der Waals surface area contributed by atoms with Gasteiger partial charge in [-0.15, -0.1) is 0 Å². The third-order valence-electron chi connectivity index (χ3n) is 2.86. The lowest BCUT2D eigenvalue weighted by atomic mass is 10.0. The van der Waals surface area contributed by atoms with Crippen LogP contribution in [0.4, 0.5) is 0 Å². The van der Waals surface area contributed by atoms with Gasteiger partial charge in [0.15, 0.2) is 0 Å². The van der Waals surface area contributed by atoms with Crippen LogP contribution in [0.15, 0.2) is 18.2 Å². The lowest BCUT2D eigenvalue weighted by molar-refractivity contribution is 0.0441. The Bertz CT molecular complexity index is 332. The number of likely N-dealkylation sites (N-methyl/N-ethyl adjacent to an activating group) is 1. The minimum atomic E-state index is 0.241. The highest BCUT2D eigenvalue weighted by molar-refractivity contribution is 5.30. The molecule has 3 heteroatoms. The molecule has 0 bridgehead atoms. The summed E-state index contributed by atoms with van der Waals surface area (Å²) in [4.78, 5) is 0. The quantitative estimate of drug-likeness (QED) is 0.720. The monoisotopic (exact) mass is 251 g/mol. The van der Waals surface area contributed by atoms with Gasteiger partial charge in [0.1, 0.15) is 0 Å². The third-order valence-corrected chi connectivity index (χ3v) is 2.86. The first-order valence-electron chi connectivity index (χ1n) is 6.58. The van der Waals surface area contributed by atoms with E-state index in [9.17, 15) is 0 Å². The van der Waals surface area contributed by atoms with E-state index < -0.39 is 0 Å². The maximum absolute atomic E-state index is 5.64. The minimum absolute atomic E-state index is 0.241. The number of rotatable bonds is 8. The molecule has 18 heavy (non-hydrogen) atoms. The van der Waals surface area contributed by atoms with Gasteiger partial charge in [0.05, 0.1) is 25.9 Å². The third kappa shape index (κ3) is 5.17. The normalized spacial score (nSPS) is 12.7. The molecule has 0 amide bonds. The Kier molecular flexibility index (Phi) is 6.94. The van der Waals surface area contributed by atoms with Crippen LogP contribution in [-0.2, 0) is 9.47 Å². The van der Waals surface area contributed by atoms with Gasteiger partial charge in [0.2, 0.25) is 0 Å². The van der Waals surface area contributed by atoms with Crippen molar-refractivity contribution in [2.75, 3.05) is 33.5 Å². The van der Waals surface area contributed by atoms with Crippen molar-refractivity contribution in [3.63, 3.8) is 0 Å². The molecule has 0 saturated heterocycles. The fraction of sp³-hybridized carbons (Fsp3) is 0.600. The largest absolute Gasteiger partial charge is 0.379 e. The summed E-state index contributed by atoms with van der Waals surface area (Å²) in [5.74, 6) is 0. The van der Waals surface area contributed by atoms with Crippen molar-refractivity contribution in [2.45, 2.75) is 26.8 Å². The van der Waals surface area contributed by atoms with Crippen molar-refractivity contribution in [3.8, 4) is 0 Å². The van der Waals surface area contributed by atoms with Gasteiger partial charge in [-0.1, -0.05) is 29.3 Å². The Morgan fingerprint density at radius 2 is 1.67 bits per heavy atom. The molecular formula is C15H25NO2. The van der Waals surface area contributed by atoms with Gasteiger partial charge >= 0.3 is 0 Å². The van der Waals surface area contributed by atoms with E-state index in [4.69, 9.17) is 9.47 Å². The Morgan fingerprint density at radius 3 is 2.22 bits per heavy atom. The van der Waals surface area contributed by atoms with Gasteiger partial charge in [-0.25, -0.2) is 0 Å². The van der Waals surface area contributed by atoms with Crippen LogP contribution in [0, 0.1) is 13.8 Å². The van der Waals surface area contributed by atoms with Gasteiger partial charge in [0, 0.05) is 6.61 Å². The molecule has 0 radical (unpaired) electrons. The van der Waals surface area contributed by atoms with E-state index >= 15 is 0 Å². The van der Waals surface area contributed by atoms with Gasteiger partial charge < -0.3 is 14.8 Å². The van der Waals surface area contributed by atoms with E-state index in [0.29, 0.717) is 19.8 Å². The summed E-state index contributed by atoms with van der Waals surface area (Å²) >= 11 is 0. The molecule has 1 N–H and O–H groups in total. The zero-order valence-electron chi connectivity index (χ0n) is 12.0. The summed E-state index contributed by atoms with van der Waals surface area (Å²) in [6.07, 6.45) is 0. The second-order valence-corrected chi connectivity index (χ2v) is 4.53. The van der Waals surface area contributed by atoms with Crippen molar-refractivity contribution in [3.05, 3.63) is 34.9 Å². The Labute approximate surface area is 110 Å². The molecule has 0 aliphatic carbocycles. The van der Waals surface area contributed by atoms with Crippen LogP contribution in [-0.4, -0.2) is 33.5 Å². The molecule has 1 aromatic rings. The van der Waals surface area contributed by atoms with Gasteiger partial charge in [-0.05, 0) is 33.4 Å². The smallest absolute Gasteiger partial charge is 0.0701 e. The maximum Gasteiger partial charge on any atom is 0.0701 e. The topological polar surface area (TPSA) is 30.5 Å².